The molecule has 0 atom stereocenters. The monoisotopic (exact) mass is 432 g/mol. The van der Waals surface area contributed by atoms with Gasteiger partial charge in [-0.2, -0.15) is 0 Å². The number of halogens is 1. The van der Waals surface area contributed by atoms with Gasteiger partial charge in [0.25, 0.3) is 0 Å². The van der Waals surface area contributed by atoms with E-state index in [9.17, 15) is 18.0 Å². The summed E-state index contributed by atoms with van der Waals surface area (Å²) < 4.78 is 32.3. The van der Waals surface area contributed by atoms with Crippen molar-refractivity contribution in [1.82, 2.24) is 9.62 Å². The second kappa shape index (κ2) is 8.77. The molecule has 7 nitrogen and oxygen atoms in total. The van der Waals surface area contributed by atoms with Gasteiger partial charge in [-0.3, -0.25) is 4.79 Å². The maximum atomic E-state index is 12.4. The van der Waals surface area contributed by atoms with Crippen molar-refractivity contribution >= 4 is 37.8 Å². The van der Waals surface area contributed by atoms with E-state index in [1.165, 1.54) is 18.2 Å². The highest BCUT2D eigenvalue weighted by Crippen LogP contribution is 2.23. The Bertz CT molecular complexity index is 745. The van der Waals surface area contributed by atoms with Crippen molar-refractivity contribution in [1.29, 1.82) is 0 Å². The molecule has 138 valence electrons. The van der Waals surface area contributed by atoms with Gasteiger partial charge in [0.05, 0.1) is 23.6 Å². The Morgan fingerprint density at radius 1 is 1.24 bits per heavy atom. The Labute approximate surface area is 155 Å². The molecule has 2 rings (SSSR count). The van der Waals surface area contributed by atoms with Gasteiger partial charge < -0.3 is 9.64 Å². The van der Waals surface area contributed by atoms with Crippen molar-refractivity contribution in [2.75, 3.05) is 26.2 Å². The van der Waals surface area contributed by atoms with Gasteiger partial charge in [-0.25, -0.2) is 17.9 Å². The summed E-state index contributed by atoms with van der Waals surface area (Å²) >= 11 is 3.16. The minimum atomic E-state index is -3.88. The minimum Gasteiger partial charge on any atom is -0.462 e. The van der Waals surface area contributed by atoms with E-state index in [0.717, 1.165) is 19.3 Å². The zero-order valence-corrected chi connectivity index (χ0v) is 16.4. The quantitative estimate of drug-likeness (QED) is 0.692. The number of piperidine rings is 1. The van der Waals surface area contributed by atoms with Crippen molar-refractivity contribution < 1.29 is 22.7 Å². The van der Waals surface area contributed by atoms with Gasteiger partial charge in [0.2, 0.25) is 15.9 Å². The van der Waals surface area contributed by atoms with Crippen LogP contribution in [0.3, 0.4) is 0 Å². The average Bonchev–Trinajstić information content (AvgIpc) is 2.60. The zero-order chi connectivity index (χ0) is 18.4. The SMILES string of the molecule is CCOC(=O)c1ccc(S(=O)(=O)NCC(=O)N2CCCCC2)c(Br)c1. The summed E-state index contributed by atoms with van der Waals surface area (Å²) in [6, 6.07) is 4.08. The predicted molar refractivity (Wildman–Crippen MR) is 95.7 cm³/mol. The predicted octanol–water partition coefficient (Wildman–Crippen LogP) is 1.92. The third kappa shape index (κ3) is 5.26. The molecule has 1 aliphatic rings. The van der Waals surface area contributed by atoms with Crippen molar-refractivity contribution in [3.8, 4) is 0 Å². The second-order valence-electron chi connectivity index (χ2n) is 5.63. The fraction of sp³-hybridized carbons (Fsp3) is 0.500. The molecular weight excluding hydrogens is 412 g/mol. The smallest absolute Gasteiger partial charge is 0.338 e. The summed E-state index contributed by atoms with van der Waals surface area (Å²) in [5.74, 6) is -0.761. The van der Waals surface area contributed by atoms with Crippen molar-refractivity contribution in [3.63, 3.8) is 0 Å². The first kappa shape index (κ1) is 19.9. The zero-order valence-electron chi connectivity index (χ0n) is 14.0. The summed E-state index contributed by atoms with van der Waals surface area (Å²) in [4.78, 5) is 25.4. The molecule has 1 saturated heterocycles. The molecular formula is C16H21BrN2O5S. The van der Waals surface area contributed by atoms with Gasteiger partial charge in [0.1, 0.15) is 0 Å². The van der Waals surface area contributed by atoms with E-state index in [1.807, 2.05) is 0 Å². The number of carbonyl (C=O) groups is 2. The molecule has 0 aromatic heterocycles. The van der Waals surface area contributed by atoms with Crippen molar-refractivity contribution in [2.45, 2.75) is 31.1 Å². The first-order valence-corrected chi connectivity index (χ1v) is 10.4. The lowest BCUT2D eigenvalue weighted by atomic mass is 10.1. The van der Waals surface area contributed by atoms with Crippen LogP contribution in [-0.2, 0) is 19.6 Å². The molecule has 1 aliphatic heterocycles. The third-order valence-corrected chi connectivity index (χ3v) is 6.23. The summed E-state index contributed by atoms with van der Waals surface area (Å²) in [6.07, 6.45) is 2.98. The molecule has 0 spiro atoms. The van der Waals surface area contributed by atoms with E-state index in [1.54, 1.807) is 11.8 Å². The van der Waals surface area contributed by atoms with Gasteiger partial charge in [-0.15, -0.1) is 0 Å². The number of benzene rings is 1. The van der Waals surface area contributed by atoms with Crippen LogP contribution in [0.5, 0.6) is 0 Å². The Kier molecular flexibility index (Phi) is 6.97. The van der Waals surface area contributed by atoms with Gasteiger partial charge in [0, 0.05) is 17.6 Å². The number of amides is 1. The van der Waals surface area contributed by atoms with Crippen LogP contribution in [0.4, 0.5) is 0 Å². The summed E-state index contributed by atoms with van der Waals surface area (Å²) in [5.41, 5.74) is 0.247. The molecule has 0 saturated carbocycles. The second-order valence-corrected chi connectivity index (χ2v) is 8.22. The topological polar surface area (TPSA) is 92.8 Å². The average molecular weight is 433 g/mol. The number of likely N-dealkylation sites (tertiary alicyclic amines) is 1. The molecule has 0 unspecified atom stereocenters. The van der Waals surface area contributed by atoms with E-state index >= 15 is 0 Å². The van der Waals surface area contributed by atoms with Crippen molar-refractivity contribution in [3.05, 3.63) is 28.2 Å². The Morgan fingerprint density at radius 2 is 1.92 bits per heavy atom. The Balaban J connectivity index is 2.05. The molecule has 1 N–H and O–H groups in total. The Hall–Kier alpha value is -1.45. The normalized spacial score (nSPS) is 15.0. The fourth-order valence-corrected chi connectivity index (χ4v) is 4.60. The number of nitrogens with one attached hydrogen (secondary N) is 1. The van der Waals surface area contributed by atoms with Gasteiger partial charge >= 0.3 is 5.97 Å². The molecule has 0 radical (unpaired) electrons. The Morgan fingerprint density at radius 3 is 2.52 bits per heavy atom. The highest BCUT2D eigenvalue weighted by Gasteiger charge is 2.22. The van der Waals surface area contributed by atoms with E-state index < -0.39 is 16.0 Å². The van der Waals surface area contributed by atoms with E-state index in [4.69, 9.17) is 4.74 Å². The number of esters is 1. The summed E-state index contributed by atoms with van der Waals surface area (Å²) in [7, 11) is -3.88. The number of sulfonamides is 1. The summed E-state index contributed by atoms with van der Waals surface area (Å²) in [6.45, 7) is 2.97. The van der Waals surface area contributed by atoms with E-state index in [2.05, 4.69) is 20.7 Å². The maximum Gasteiger partial charge on any atom is 0.338 e. The van der Waals surface area contributed by atoms with Gasteiger partial charge in [0.15, 0.2) is 0 Å². The van der Waals surface area contributed by atoms with E-state index in [-0.39, 0.29) is 34.0 Å². The lowest BCUT2D eigenvalue weighted by Gasteiger charge is -2.26. The number of ether oxygens (including phenoxy) is 1. The molecule has 25 heavy (non-hydrogen) atoms. The molecule has 1 heterocycles. The molecule has 1 aromatic carbocycles. The lowest BCUT2D eigenvalue weighted by Crippen LogP contribution is -2.42. The number of hydrogen-bond acceptors (Lipinski definition) is 5. The van der Waals surface area contributed by atoms with Crippen LogP contribution in [-0.4, -0.2) is 51.4 Å². The molecule has 1 aromatic rings. The third-order valence-electron chi connectivity index (χ3n) is 3.85. The number of hydrogen-bond donors (Lipinski definition) is 1. The van der Waals surface area contributed by atoms with Gasteiger partial charge in [-0.1, -0.05) is 0 Å². The number of nitrogens with zero attached hydrogens (tertiary/aromatic N) is 1. The molecule has 0 aliphatic carbocycles. The first-order valence-electron chi connectivity index (χ1n) is 8.09. The molecule has 1 amide bonds. The summed E-state index contributed by atoms with van der Waals surface area (Å²) in [5, 5.41) is 0. The number of carbonyl (C=O) groups excluding carboxylic acids is 2. The van der Waals surface area contributed by atoms with Crippen LogP contribution >= 0.6 is 15.9 Å². The van der Waals surface area contributed by atoms with Crippen LogP contribution in [0.15, 0.2) is 27.6 Å². The lowest BCUT2D eigenvalue weighted by molar-refractivity contribution is -0.130. The first-order chi connectivity index (χ1) is 11.8. The fourth-order valence-electron chi connectivity index (χ4n) is 2.55. The highest BCUT2D eigenvalue weighted by molar-refractivity contribution is 9.10. The van der Waals surface area contributed by atoms with Crippen LogP contribution in [0.2, 0.25) is 0 Å². The van der Waals surface area contributed by atoms with E-state index in [0.29, 0.717) is 13.1 Å². The van der Waals surface area contributed by atoms with Crippen LogP contribution < -0.4 is 4.72 Å². The van der Waals surface area contributed by atoms with Crippen LogP contribution in [0.1, 0.15) is 36.5 Å². The number of rotatable bonds is 6. The molecule has 0 bridgehead atoms. The highest BCUT2D eigenvalue weighted by atomic mass is 79.9. The molecule has 9 heteroatoms. The van der Waals surface area contributed by atoms with Crippen molar-refractivity contribution in [2.24, 2.45) is 0 Å². The standard InChI is InChI=1S/C16H21BrN2O5S/c1-2-24-16(21)12-6-7-14(13(17)10-12)25(22,23)18-11-15(20)19-8-4-3-5-9-19/h6-7,10,18H,2-5,8-9,11H2,1H3. The van der Waals surface area contributed by atoms with Gasteiger partial charge in [-0.05, 0) is 60.3 Å². The minimum absolute atomic E-state index is 0.0352. The van der Waals surface area contributed by atoms with Crippen LogP contribution in [0, 0.1) is 0 Å². The largest absolute Gasteiger partial charge is 0.462 e. The maximum absolute atomic E-state index is 12.4. The molecule has 1 fully saturated rings. The van der Waals surface area contributed by atoms with Crippen LogP contribution in [0.25, 0.3) is 0 Å².